The van der Waals surface area contributed by atoms with Crippen molar-refractivity contribution in [3.63, 3.8) is 0 Å². The number of rotatable bonds is 3. The number of nitrogens with one attached hydrogen (secondary N) is 1. The van der Waals surface area contributed by atoms with Gasteiger partial charge in [0.15, 0.2) is 0 Å². The van der Waals surface area contributed by atoms with Crippen molar-refractivity contribution in [2.75, 3.05) is 13.8 Å². The second-order valence-electron chi connectivity index (χ2n) is 3.35. The Morgan fingerprint density at radius 2 is 2.38 bits per heavy atom. The zero-order valence-electron chi connectivity index (χ0n) is 9.11. The summed E-state index contributed by atoms with van der Waals surface area (Å²) in [5, 5.41) is 3.65. The van der Waals surface area contributed by atoms with Gasteiger partial charge in [0, 0.05) is 12.7 Å². The zero-order chi connectivity index (χ0) is 11.5. The number of carbonyl (C=O) groups is 1. The van der Waals surface area contributed by atoms with E-state index in [1.54, 1.807) is 17.4 Å². The minimum absolute atomic E-state index is 0.130. The molecule has 84 valence electrons. The molecule has 0 saturated heterocycles. The first kappa shape index (κ1) is 11.0. The van der Waals surface area contributed by atoms with E-state index in [0.717, 1.165) is 15.2 Å². The number of hydrogen-bond acceptors (Lipinski definition) is 4. The quantitative estimate of drug-likeness (QED) is 0.828. The average Bonchev–Trinajstić information content (AvgIpc) is 2.64. The number of aryl methyl sites for hydroxylation is 1. The fraction of sp³-hybridized carbons (Fsp3) is 0.273. The van der Waals surface area contributed by atoms with Gasteiger partial charge in [-0.05, 0) is 25.1 Å². The molecular weight excluding hydrogens is 224 g/mol. The van der Waals surface area contributed by atoms with E-state index in [1.165, 1.54) is 7.11 Å². The summed E-state index contributed by atoms with van der Waals surface area (Å²) in [5.41, 5.74) is 1.57. The minimum Gasteiger partial charge on any atom is -0.364 e. The number of thiazole rings is 1. The Kier molecular flexibility index (Phi) is 3.17. The van der Waals surface area contributed by atoms with E-state index in [4.69, 9.17) is 4.74 Å². The average molecular weight is 236 g/mol. The maximum absolute atomic E-state index is 11.6. The minimum atomic E-state index is -0.130. The number of amides is 1. The molecule has 0 spiro atoms. The summed E-state index contributed by atoms with van der Waals surface area (Å²) in [7, 11) is 1.54. The highest BCUT2D eigenvalue weighted by atomic mass is 32.1. The molecule has 0 bridgehead atoms. The third kappa shape index (κ3) is 2.20. The second kappa shape index (κ2) is 4.59. The molecule has 4 nitrogen and oxygen atoms in total. The Hall–Kier alpha value is -1.46. The predicted molar refractivity (Wildman–Crippen MR) is 63.7 cm³/mol. The van der Waals surface area contributed by atoms with Crippen LogP contribution in [0, 0.1) is 6.92 Å². The third-order valence-corrected chi connectivity index (χ3v) is 3.07. The van der Waals surface area contributed by atoms with Gasteiger partial charge in [0.05, 0.1) is 15.2 Å². The van der Waals surface area contributed by atoms with Gasteiger partial charge in [0.2, 0.25) is 0 Å². The molecule has 1 amide bonds. The predicted octanol–water partition coefficient (Wildman–Crippen LogP) is 1.94. The van der Waals surface area contributed by atoms with Gasteiger partial charge in [0.1, 0.15) is 6.73 Å². The van der Waals surface area contributed by atoms with Crippen LogP contribution in [0.1, 0.15) is 15.4 Å². The standard InChI is InChI=1S/C11H12N2O2S/c1-7-13-9-4-3-8(5-10(9)16-7)11(14)12-6-15-2/h3-5H,6H2,1-2H3,(H,12,14). The van der Waals surface area contributed by atoms with Crippen LogP contribution in [0.25, 0.3) is 10.2 Å². The summed E-state index contributed by atoms with van der Waals surface area (Å²) >= 11 is 1.59. The highest BCUT2D eigenvalue weighted by Crippen LogP contribution is 2.22. The van der Waals surface area contributed by atoms with E-state index in [0.29, 0.717) is 5.56 Å². The van der Waals surface area contributed by atoms with Crippen LogP contribution >= 0.6 is 11.3 Å². The number of carbonyl (C=O) groups excluding carboxylic acids is 1. The molecular formula is C11H12N2O2S. The summed E-state index contributed by atoms with van der Waals surface area (Å²) < 4.78 is 5.81. The van der Waals surface area contributed by atoms with E-state index in [9.17, 15) is 4.79 Å². The summed E-state index contributed by atoms with van der Waals surface area (Å²) in [6, 6.07) is 5.48. The monoisotopic (exact) mass is 236 g/mol. The van der Waals surface area contributed by atoms with Crippen molar-refractivity contribution in [2.24, 2.45) is 0 Å². The van der Waals surface area contributed by atoms with Crippen molar-refractivity contribution >= 4 is 27.5 Å². The van der Waals surface area contributed by atoms with Crippen LogP contribution in [-0.2, 0) is 4.74 Å². The lowest BCUT2D eigenvalue weighted by Crippen LogP contribution is -2.25. The van der Waals surface area contributed by atoms with E-state index in [1.807, 2.05) is 19.1 Å². The van der Waals surface area contributed by atoms with Crippen molar-refractivity contribution in [3.05, 3.63) is 28.8 Å². The van der Waals surface area contributed by atoms with Crippen LogP contribution in [0.2, 0.25) is 0 Å². The number of aromatic nitrogens is 1. The lowest BCUT2D eigenvalue weighted by atomic mass is 10.2. The van der Waals surface area contributed by atoms with E-state index >= 15 is 0 Å². The smallest absolute Gasteiger partial charge is 0.253 e. The van der Waals surface area contributed by atoms with Crippen molar-refractivity contribution in [3.8, 4) is 0 Å². The van der Waals surface area contributed by atoms with Crippen LogP contribution in [-0.4, -0.2) is 24.7 Å². The molecule has 2 aromatic rings. The number of ether oxygens (including phenoxy) is 1. The first-order chi connectivity index (χ1) is 7.70. The molecule has 5 heteroatoms. The van der Waals surface area contributed by atoms with Crippen LogP contribution in [0.5, 0.6) is 0 Å². The Morgan fingerprint density at radius 1 is 1.56 bits per heavy atom. The lowest BCUT2D eigenvalue weighted by molar-refractivity contribution is 0.0872. The van der Waals surface area contributed by atoms with Crippen LogP contribution in [0.3, 0.4) is 0 Å². The molecule has 0 saturated carbocycles. The number of benzene rings is 1. The Bertz CT molecular complexity index is 522. The number of nitrogens with zero attached hydrogens (tertiary/aromatic N) is 1. The second-order valence-corrected chi connectivity index (χ2v) is 4.59. The van der Waals surface area contributed by atoms with Crippen LogP contribution < -0.4 is 5.32 Å². The van der Waals surface area contributed by atoms with Crippen molar-refractivity contribution < 1.29 is 9.53 Å². The van der Waals surface area contributed by atoms with Gasteiger partial charge in [-0.15, -0.1) is 11.3 Å². The molecule has 1 aromatic carbocycles. The van der Waals surface area contributed by atoms with Gasteiger partial charge in [-0.2, -0.15) is 0 Å². The molecule has 0 aliphatic rings. The van der Waals surface area contributed by atoms with Crippen molar-refractivity contribution in [1.29, 1.82) is 0 Å². The van der Waals surface area contributed by atoms with E-state index < -0.39 is 0 Å². The summed E-state index contributed by atoms with van der Waals surface area (Å²) in [6.45, 7) is 2.17. The fourth-order valence-corrected chi connectivity index (χ4v) is 2.29. The summed E-state index contributed by atoms with van der Waals surface area (Å²) in [5.74, 6) is -0.130. The number of hydrogen-bond donors (Lipinski definition) is 1. The molecule has 0 unspecified atom stereocenters. The SMILES string of the molecule is COCNC(=O)c1ccc2nc(C)sc2c1. The van der Waals surface area contributed by atoms with Gasteiger partial charge in [-0.3, -0.25) is 4.79 Å². The molecule has 1 N–H and O–H groups in total. The van der Waals surface area contributed by atoms with Gasteiger partial charge < -0.3 is 10.1 Å². The molecule has 1 aromatic heterocycles. The maximum Gasteiger partial charge on any atom is 0.253 e. The van der Waals surface area contributed by atoms with Gasteiger partial charge in [-0.1, -0.05) is 0 Å². The Balaban J connectivity index is 2.28. The zero-order valence-corrected chi connectivity index (χ0v) is 9.93. The highest BCUT2D eigenvalue weighted by Gasteiger charge is 2.07. The molecule has 1 heterocycles. The van der Waals surface area contributed by atoms with Gasteiger partial charge >= 0.3 is 0 Å². The van der Waals surface area contributed by atoms with Crippen molar-refractivity contribution in [2.45, 2.75) is 6.92 Å². The molecule has 2 rings (SSSR count). The molecule has 0 aliphatic carbocycles. The first-order valence-electron chi connectivity index (χ1n) is 4.85. The van der Waals surface area contributed by atoms with Crippen LogP contribution in [0.4, 0.5) is 0 Å². The van der Waals surface area contributed by atoms with Crippen molar-refractivity contribution in [1.82, 2.24) is 10.3 Å². The van der Waals surface area contributed by atoms with Gasteiger partial charge in [-0.25, -0.2) is 4.98 Å². The largest absolute Gasteiger partial charge is 0.364 e. The van der Waals surface area contributed by atoms with E-state index in [2.05, 4.69) is 10.3 Å². The normalized spacial score (nSPS) is 10.6. The molecule has 0 fully saturated rings. The maximum atomic E-state index is 11.6. The molecule has 0 atom stereocenters. The molecule has 0 radical (unpaired) electrons. The highest BCUT2D eigenvalue weighted by molar-refractivity contribution is 7.18. The molecule has 16 heavy (non-hydrogen) atoms. The Labute approximate surface area is 97.3 Å². The topological polar surface area (TPSA) is 51.2 Å². The van der Waals surface area contributed by atoms with E-state index in [-0.39, 0.29) is 12.6 Å². The summed E-state index contributed by atoms with van der Waals surface area (Å²) in [4.78, 5) is 16.0. The number of fused-ring (bicyclic) bond motifs is 1. The Morgan fingerprint density at radius 3 is 3.12 bits per heavy atom. The fourth-order valence-electron chi connectivity index (χ4n) is 1.42. The first-order valence-corrected chi connectivity index (χ1v) is 5.66. The third-order valence-electron chi connectivity index (χ3n) is 2.13. The summed E-state index contributed by atoms with van der Waals surface area (Å²) in [6.07, 6.45) is 0. The van der Waals surface area contributed by atoms with Crippen LogP contribution in [0.15, 0.2) is 18.2 Å². The van der Waals surface area contributed by atoms with Gasteiger partial charge in [0.25, 0.3) is 5.91 Å². The lowest BCUT2D eigenvalue weighted by Gasteiger charge is -2.03. The molecule has 0 aliphatic heterocycles. The number of methoxy groups -OCH3 is 1.